The number of hydrogen-bond acceptors (Lipinski definition) is 5. The average Bonchev–Trinajstić information content (AvgIpc) is 3.19. The molecular weight excluding hydrogens is 350 g/mol. The molecule has 7 heteroatoms. The number of nitrogens with zero attached hydrogens (tertiary/aromatic N) is 1. The monoisotopic (exact) mass is 371 g/mol. The second-order valence-corrected chi connectivity index (χ2v) is 7.65. The Hall–Kier alpha value is -2.25. The number of benzene rings is 1. The predicted molar refractivity (Wildman–Crippen MR) is 100 cm³/mol. The summed E-state index contributed by atoms with van der Waals surface area (Å²) >= 11 is 1.57. The highest BCUT2D eigenvalue weighted by Gasteiger charge is 2.33. The summed E-state index contributed by atoms with van der Waals surface area (Å²) in [5.41, 5.74) is 1.23. The highest BCUT2D eigenvalue weighted by Crippen LogP contribution is 2.38. The summed E-state index contributed by atoms with van der Waals surface area (Å²) < 4.78 is 5.21. The van der Waals surface area contributed by atoms with Gasteiger partial charge in [-0.25, -0.2) is 0 Å². The minimum absolute atomic E-state index is 0.00227. The molecule has 0 spiro atoms. The molecular formula is C19H21N3O3S. The van der Waals surface area contributed by atoms with Crippen molar-refractivity contribution in [2.75, 3.05) is 18.4 Å². The zero-order chi connectivity index (χ0) is 17.9. The maximum absolute atomic E-state index is 12.5. The first kappa shape index (κ1) is 17.2. The van der Waals surface area contributed by atoms with E-state index in [-0.39, 0.29) is 17.2 Å². The zero-order valence-electron chi connectivity index (χ0n) is 14.4. The zero-order valence-corrected chi connectivity index (χ0v) is 15.2. The second kappa shape index (κ2) is 7.55. The molecule has 136 valence electrons. The molecule has 2 N–H and O–H groups in total. The highest BCUT2D eigenvalue weighted by atomic mass is 32.2. The van der Waals surface area contributed by atoms with Crippen molar-refractivity contribution in [3.63, 3.8) is 0 Å². The molecule has 3 heterocycles. The molecule has 0 bridgehead atoms. The van der Waals surface area contributed by atoms with Crippen LogP contribution in [0.2, 0.25) is 0 Å². The lowest BCUT2D eigenvalue weighted by Gasteiger charge is -2.35. The smallest absolute Gasteiger partial charge is 0.252 e. The van der Waals surface area contributed by atoms with Gasteiger partial charge in [-0.3, -0.25) is 14.5 Å². The molecule has 2 aromatic rings. The number of anilines is 1. The minimum Gasteiger partial charge on any atom is -0.467 e. The summed E-state index contributed by atoms with van der Waals surface area (Å²) in [5, 5.41) is 5.61. The van der Waals surface area contributed by atoms with Crippen molar-refractivity contribution in [2.45, 2.75) is 36.1 Å². The molecule has 2 amide bonds. The van der Waals surface area contributed by atoms with Crippen LogP contribution in [0.5, 0.6) is 0 Å². The van der Waals surface area contributed by atoms with E-state index in [4.69, 9.17) is 4.42 Å². The number of carbonyl (C=O) groups is 2. The van der Waals surface area contributed by atoms with Crippen LogP contribution in [0.25, 0.3) is 0 Å². The largest absolute Gasteiger partial charge is 0.467 e. The van der Waals surface area contributed by atoms with Crippen molar-refractivity contribution < 1.29 is 14.0 Å². The average molecular weight is 371 g/mol. The Balaban J connectivity index is 1.45. The number of likely N-dealkylation sites (tertiary alicyclic amines) is 1. The normalized spacial score (nSPS) is 20.3. The maximum Gasteiger partial charge on any atom is 0.252 e. The fourth-order valence-corrected chi connectivity index (χ4v) is 4.47. The van der Waals surface area contributed by atoms with Gasteiger partial charge in [0.2, 0.25) is 0 Å². The van der Waals surface area contributed by atoms with Gasteiger partial charge in [0, 0.05) is 10.5 Å². The number of carbonyl (C=O) groups excluding carboxylic acids is 2. The van der Waals surface area contributed by atoms with Gasteiger partial charge < -0.3 is 15.1 Å². The van der Waals surface area contributed by atoms with Crippen molar-refractivity contribution in [3.8, 4) is 0 Å². The first-order chi connectivity index (χ1) is 12.7. The van der Waals surface area contributed by atoms with Gasteiger partial charge in [0.05, 0.1) is 18.5 Å². The number of thioether (sulfide) groups is 1. The molecule has 0 saturated carbocycles. The van der Waals surface area contributed by atoms with Gasteiger partial charge in [-0.2, -0.15) is 0 Å². The molecule has 0 unspecified atom stereocenters. The van der Waals surface area contributed by atoms with Crippen LogP contribution in [0, 0.1) is 0 Å². The number of rotatable bonds is 4. The Kier molecular flexibility index (Phi) is 4.99. The number of furan rings is 1. The van der Waals surface area contributed by atoms with Crippen LogP contribution in [-0.2, 0) is 11.3 Å². The summed E-state index contributed by atoms with van der Waals surface area (Å²) in [7, 11) is 0. The Labute approximate surface area is 156 Å². The van der Waals surface area contributed by atoms with E-state index in [0.29, 0.717) is 23.6 Å². The molecule has 1 aromatic heterocycles. The van der Waals surface area contributed by atoms with E-state index in [9.17, 15) is 9.59 Å². The molecule has 6 nitrogen and oxygen atoms in total. The molecule has 26 heavy (non-hydrogen) atoms. The fraction of sp³-hybridized carbons (Fsp3) is 0.368. The minimum atomic E-state index is -0.193. The van der Waals surface area contributed by atoms with E-state index in [1.54, 1.807) is 36.2 Å². The van der Waals surface area contributed by atoms with Crippen molar-refractivity contribution in [2.24, 2.45) is 0 Å². The maximum atomic E-state index is 12.5. The van der Waals surface area contributed by atoms with E-state index in [0.717, 1.165) is 30.8 Å². The van der Waals surface area contributed by atoms with Crippen LogP contribution in [-0.4, -0.2) is 35.2 Å². The van der Waals surface area contributed by atoms with E-state index >= 15 is 0 Å². The molecule has 4 rings (SSSR count). The summed E-state index contributed by atoms with van der Waals surface area (Å²) in [4.78, 5) is 28.1. The molecule has 1 atom stereocenters. The van der Waals surface area contributed by atoms with Crippen molar-refractivity contribution in [1.82, 2.24) is 10.2 Å². The van der Waals surface area contributed by atoms with Crippen LogP contribution in [0.4, 0.5) is 5.69 Å². The fourth-order valence-electron chi connectivity index (χ4n) is 3.32. The lowest BCUT2D eigenvalue weighted by Crippen LogP contribution is -2.46. The summed E-state index contributed by atoms with van der Waals surface area (Å²) in [5.74, 6) is 0.503. The topological polar surface area (TPSA) is 74.6 Å². The number of amides is 2. The first-order valence-corrected chi connectivity index (χ1v) is 9.75. The van der Waals surface area contributed by atoms with Gasteiger partial charge in [0.15, 0.2) is 0 Å². The molecule has 2 aliphatic heterocycles. The molecule has 1 fully saturated rings. The van der Waals surface area contributed by atoms with Crippen LogP contribution in [0.3, 0.4) is 0 Å². The first-order valence-electron chi connectivity index (χ1n) is 8.87. The van der Waals surface area contributed by atoms with Crippen LogP contribution in [0.1, 0.15) is 35.4 Å². The van der Waals surface area contributed by atoms with E-state index < -0.39 is 0 Å². The molecule has 2 aliphatic rings. The summed E-state index contributed by atoms with van der Waals surface area (Å²) in [6, 6.07) is 9.05. The standard InChI is InChI=1S/C19H21N3O3S/c23-17(20-12-14-5-4-10-25-14)13-6-7-16-15(11-13)21-18(24)19(26-16)22-8-2-1-3-9-22/h4-7,10-11,19H,1-3,8-9,12H2,(H,20,23)(H,21,24)/t19-/m0/s1. The number of nitrogens with one attached hydrogen (secondary N) is 2. The van der Waals surface area contributed by atoms with Gasteiger partial charge >= 0.3 is 0 Å². The Morgan fingerprint density at radius 1 is 1.27 bits per heavy atom. The number of fused-ring (bicyclic) bond motifs is 1. The van der Waals surface area contributed by atoms with Crippen molar-refractivity contribution in [3.05, 3.63) is 47.9 Å². The van der Waals surface area contributed by atoms with Gasteiger partial charge in [0.25, 0.3) is 11.8 Å². The van der Waals surface area contributed by atoms with Gasteiger partial charge in [0.1, 0.15) is 11.1 Å². The summed E-state index contributed by atoms with van der Waals surface area (Å²) in [6.45, 7) is 2.27. The van der Waals surface area contributed by atoms with Crippen LogP contribution < -0.4 is 10.6 Å². The highest BCUT2D eigenvalue weighted by molar-refractivity contribution is 8.00. The Bertz CT molecular complexity index is 800. The molecule has 0 radical (unpaired) electrons. The third-order valence-corrected chi connectivity index (χ3v) is 6.03. The predicted octanol–water partition coefficient (Wildman–Crippen LogP) is 3.07. The van der Waals surface area contributed by atoms with Crippen LogP contribution >= 0.6 is 11.8 Å². The quantitative estimate of drug-likeness (QED) is 0.864. The van der Waals surface area contributed by atoms with Gasteiger partial charge in [-0.15, -0.1) is 0 Å². The van der Waals surface area contributed by atoms with Crippen molar-refractivity contribution >= 4 is 29.3 Å². The summed E-state index contributed by atoms with van der Waals surface area (Å²) in [6.07, 6.45) is 5.10. The third kappa shape index (κ3) is 3.64. The lowest BCUT2D eigenvalue weighted by molar-refractivity contribution is -0.118. The van der Waals surface area contributed by atoms with Gasteiger partial charge in [-0.05, 0) is 56.3 Å². The second-order valence-electron chi connectivity index (χ2n) is 6.53. The Morgan fingerprint density at radius 3 is 2.88 bits per heavy atom. The molecule has 1 saturated heterocycles. The third-order valence-electron chi connectivity index (χ3n) is 4.69. The van der Waals surface area contributed by atoms with Crippen LogP contribution in [0.15, 0.2) is 45.9 Å². The number of piperidine rings is 1. The Morgan fingerprint density at radius 2 is 2.12 bits per heavy atom. The molecule has 0 aliphatic carbocycles. The van der Waals surface area contributed by atoms with Gasteiger partial charge in [-0.1, -0.05) is 18.2 Å². The van der Waals surface area contributed by atoms with E-state index in [1.165, 1.54) is 6.42 Å². The van der Waals surface area contributed by atoms with E-state index in [1.807, 2.05) is 12.1 Å². The number of hydrogen-bond donors (Lipinski definition) is 2. The van der Waals surface area contributed by atoms with E-state index in [2.05, 4.69) is 15.5 Å². The molecule has 1 aromatic carbocycles. The lowest BCUT2D eigenvalue weighted by atomic mass is 10.1. The SMILES string of the molecule is O=C(NCc1ccco1)c1ccc2c(c1)NC(=O)[C@@H](N1CCCCC1)S2. The van der Waals surface area contributed by atoms with Crippen molar-refractivity contribution in [1.29, 1.82) is 0 Å².